The van der Waals surface area contributed by atoms with Gasteiger partial charge < -0.3 is 10.2 Å². The average Bonchev–Trinajstić information content (AvgIpc) is 3.47. The highest BCUT2D eigenvalue weighted by atomic mass is 79.9. The number of thioether (sulfide) groups is 1. The minimum atomic E-state index is 0.357. The van der Waals surface area contributed by atoms with Gasteiger partial charge in [-0.05, 0) is 65.9 Å². The fraction of sp³-hybridized carbons (Fsp3) is 0.550. The summed E-state index contributed by atoms with van der Waals surface area (Å²) in [5.41, 5.74) is 0.946. The quantitative estimate of drug-likeness (QED) is 0.686. The first-order chi connectivity index (χ1) is 13.1. The Bertz CT molecular complexity index is 877. The van der Waals surface area contributed by atoms with Crippen molar-refractivity contribution in [3.63, 3.8) is 0 Å². The molecule has 142 valence electrons. The van der Waals surface area contributed by atoms with Gasteiger partial charge in [-0.2, -0.15) is 22.0 Å². The summed E-state index contributed by atoms with van der Waals surface area (Å²) in [6, 6.07) is 8.50. The molecule has 7 heteroatoms. The third-order valence-electron chi connectivity index (χ3n) is 5.67. The number of nitriles is 1. The monoisotopic (exact) mass is 445 g/mol. The van der Waals surface area contributed by atoms with Crippen molar-refractivity contribution in [2.24, 2.45) is 5.92 Å². The number of aromatic nitrogens is 2. The maximum Gasteiger partial charge on any atom is 0.225 e. The Morgan fingerprint density at radius 1 is 1.41 bits per heavy atom. The van der Waals surface area contributed by atoms with Crippen molar-refractivity contribution in [3.8, 4) is 6.07 Å². The van der Waals surface area contributed by atoms with Gasteiger partial charge in [0.15, 0.2) is 0 Å². The van der Waals surface area contributed by atoms with Crippen molar-refractivity contribution in [1.29, 1.82) is 5.26 Å². The number of nitrogens with one attached hydrogen (secondary N) is 1. The maximum absolute atomic E-state index is 9.09. The van der Waals surface area contributed by atoms with Gasteiger partial charge in [-0.3, -0.25) is 0 Å². The summed E-state index contributed by atoms with van der Waals surface area (Å²) in [4.78, 5) is 12.1. The van der Waals surface area contributed by atoms with Crippen LogP contribution < -0.4 is 10.2 Å². The molecule has 5 nitrogen and oxygen atoms in total. The zero-order valence-electron chi connectivity index (χ0n) is 15.5. The molecule has 2 heterocycles. The summed E-state index contributed by atoms with van der Waals surface area (Å²) in [6.45, 7) is 2.77. The second-order valence-electron chi connectivity index (χ2n) is 7.56. The highest BCUT2D eigenvalue weighted by molar-refractivity contribution is 9.10. The number of nitrogens with zero attached hydrogens (tertiary/aromatic N) is 4. The summed E-state index contributed by atoms with van der Waals surface area (Å²) in [5.74, 6) is 2.11. The molecule has 2 aliphatic rings. The molecule has 0 radical (unpaired) electrons. The van der Waals surface area contributed by atoms with Crippen LogP contribution in [-0.2, 0) is 0 Å². The van der Waals surface area contributed by atoms with E-state index in [0.717, 1.165) is 53.7 Å². The molecule has 0 spiro atoms. The minimum Gasteiger partial charge on any atom is -0.356 e. The van der Waals surface area contributed by atoms with Gasteiger partial charge in [0, 0.05) is 40.7 Å². The summed E-state index contributed by atoms with van der Waals surface area (Å²) >= 11 is 5.59. The number of hydrogen-bond donors (Lipinski definition) is 1. The zero-order chi connectivity index (χ0) is 18.9. The molecule has 27 heavy (non-hydrogen) atoms. The van der Waals surface area contributed by atoms with E-state index in [2.05, 4.69) is 44.5 Å². The molecule has 1 aromatic heterocycles. The van der Waals surface area contributed by atoms with Crippen molar-refractivity contribution in [2.75, 3.05) is 36.1 Å². The van der Waals surface area contributed by atoms with Crippen molar-refractivity contribution in [3.05, 3.63) is 22.7 Å². The van der Waals surface area contributed by atoms with E-state index < -0.39 is 0 Å². The molecule has 2 fully saturated rings. The van der Waals surface area contributed by atoms with Crippen LogP contribution in [0, 0.1) is 17.2 Å². The lowest BCUT2D eigenvalue weighted by Gasteiger charge is -2.33. The summed E-state index contributed by atoms with van der Waals surface area (Å²) < 4.78 is 1.35. The van der Waals surface area contributed by atoms with Crippen LogP contribution in [0.5, 0.6) is 0 Å². The van der Waals surface area contributed by atoms with E-state index in [0.29, 0.717) is 23.0 Å². The Morgan fingerprint density at radius 2 is 2.26 bits per heavy atom. The molecule has 1 unspecified atom stereocenters. The van der Waals surface area contributed by atoms with Crippen molar-refractivity contribution in [1.82, 2.24) is 9.97 Å². The Balaban J connectivity index is 1.67. The lowest BCUT2D eigenvalue weighted by molar-refractivity contribution is 0.420. The van der Waals surface area contributed by atoms with Gasteiger partial charge in [0.05, 0.1) is 11.6 Å². The summed E-state index contributed by atoms with van der Waals surface area (Å²) in [5, 5.41) is 13.6. The lowest BCUT2D eigenvalue weighted by atomic mass is 9.95. The van der Waals surface area contributed by atoms with E-state index in [9.17, 15) is 0 Å². The van der Waals surface area contributed by atoms with Gasteiger partial charge in [0.25, 0.3) is 0 Å². The van der Waals surface area contributed by atoms with Crippen LogP contribution >= 0.6 is 27.7 Å². The molecule has 1 saturated heterocycles. The van der Waals surface area contributed by atoms with Crippen molar-refractivity contribution in [2.45, 2.75) is 36.9 Å². The number of benzene rings is 1. The van der Waals surface area contributed by atoms with Crippen LogP contribution in [0.25, 0.3) is 10.9 Å². The SMILES string of the molecule is CSC1(CNc2nc(N3CCCC(CC#N)C3)c3cccc(Br)c3n2)CC1. The first-order valence-corrected chi connectivity index (χ1v) is 11.5. The van der Waals surface area contributed by atoms with Crippen LogP contribution in [0.2, 0.25) is 0 Å². The number of rotatable bonds is 6. The Kier molecular flexibility index (Phi) is 5.47. The number of hydrogen-bond acceptors (Lipinski definition) is 6. The normalized spacial score (nSPS) is 21.1. The fourth-order valence-electron chi connectivity index (χ4n) is 3.81. The third-order valence-corrected chi connectivity index (χ3v) is 7.72. The third kappa shape index (κ3) is 4.02. The molecule has 0 amide bonds. The molecule has 1 aliphatic heterocycles. The largest absolute Gasteiger partial charge is 0.356 e. The van der Waals surface area contributed by atoms with Gasteiger partial charge in [0.1, 0.15) is 5.82 Å². The smallest absolute Gasteiger partial charge is 0.225 e. The molecule has 1 saturated carbocycles. The van der Waals surface area contributed by atoms with E-state index in [-0.39, 0.29) is 0 Å². The predicted molar refractivity (Wildman–Crippen MR) is 116 cm³/mol. The first kappa shape index (κ1) is 18.8. The van der Waals surface area contributed by atoms with Gasteiger partial charge in [-0.1, -0.05) is 6.07 Å². The summed E-state index contributed by atoms with van der Waals surface area (Å²) in [6.07, 6.45) is 7.54. The minimum absolute atomic E-state index is 0.357. The second-order valence-corrected chi connectivity index (χ2v) is 9.69. The molecular formula is C20H24BrN5S. The Labute approximate surface area is 173 Å². The predicted octanol–water partition coefficient (Wildman–Crippen LogP) is 4.83. The number of halogens is 1. The van der Waals surface area contributed by atoms with Gasteiger partial charge >= 0.3 is 0 Å². The van der Waals surface area contributed by atoms with Crippen LogP contribution in [-0.4, -0.2) is 40.6 Å². The molecule has 1 atom stereocenters. The van der Waals surface area contributed by atoms with Gasteiger partial charge in [-0.25, -0.2) is 4.98 Å². The maximum atomic E-state index is 9.09. The number of piperidine rings is 1. The highest BCUT2D eigenvalue weighted by Crippen LogP contribution is 2.47. The van der Waals surface area contributed by atoms with Crippen LogP contribution in [0.1, 0.15) is 32.1 Å². The highest BCUT2D eigenvalue weighted by Gasteiger charge is 2.41. The lowest BCUT2D eigenvalue weighted by Crippen LogP contribution is -2.36. The first-order valence-electron chi connectivity index (χ1n) is 9.51. The molecular weight excluding hydrogens is 422 g/mol. The standard InChI is InChI=1S/C20H24BrN5S/c1-27-20(8-9-20)13-23-19-24-17-15(5-2-6-16(17)21)18(25-19)26-11-3-4-14(12-26)7-10-22/h2,5-6,14H,3-4,7-9,11-13H2,1H3,(H,23,24,25). The van der Waals surface area contributed by atoms with Crippen molar-refractivity contribution >= 4 is 50.4 Å². The van der Waals surface area contributed by atoms with E-state index in [1.807, 2.05) is 23.9 Å². The van der Waals surface area contributed by atoms with Crippen LogP contribution in [0.4, 0.5) is 11.8 Å². The number of anilines is 2. The van der Waals surface area contributed by atoms with E-state index in [1.54, 1.807) is 0 Å². The Morgan fingerprint density at radius 3 is 3.00 bits per heavy atom. The molecule has 4 rings (SSSR count). The van der Waals surface area contributed by atoms with E-state index in [4.69, 9.17) is 15.2 Å². The zero-order valence-corrected chi connectivity index (χ0v) is 17.9. The van der Waals surface area contributed by atoms with Crippen LogP contribution in [0.15, 0.2) is 22.7 Å². The van der Waals surface area contributed by atoms with Crippen molar-refractivity contribution < 1.29 is 0 Å². The molecule has 1 aromatic carbocycles. The van der Waals surface area contributed by atoms with Gasteiger partial charge in [-0.15, -0.1) is 0 Å². The van der Waals surface area contributed by atoms with E-state index >= 15 is 0 Å². The molecule has 2 aromatic rings. The average molecular weight is 446 g/mol. The fourth-order valence-corrected chi connectivity index (χ4v) is 4.99. The van der Waals surface area contributed by atoms with Crippen LogP contribution in [0.3, 0.4) is 0 Å². The molecule has 1 N–H and O–H groups in total. The molecule has 1 aliphatic carbocycles. The number of fused-ring (bicyclic) bond motifs is 1. The second kappa shape index (κ2) is 7.84. The van der Waals surface area contributed by atoms with Gasteiger partial charge in [0.2, 0.25) is 5.95 Å². The Hall–Kier alpha value is -1.52. The molecule has 0 bridgehead atoms. The topological polar surface area (TPSA) is 64.8 Å². The van der Waals surface area contributed by atoms with E-state index in [1.165, 1.54) is 12.8 Å². The summed E-state index contributed by atoms with van der Waals surface area (Å²) in [7, 11) is 0. The number of para-hydroxylation sites is 1.